The van der Waals surface area contributed by atoms with Crippen molar-refractivity contribution in [2.75, 3.05) is 13.2 Å². The number of carbonyl (C=O) groups excluding carboxylic acids is 2. The molecule has 0 saturated carbocycles. The molecule has 0 spiro atoms. The first-order chi connectivity index (χ1) is 19.8. The maximum Gasteiger partial charge on any atom is 0.417 e. The zero-order valence-corrected chi connectivity index (χ0v) is 23.6. The molecule has 1 aliphatic rings. The molecule has 1 saturated heterocycles. The summed E-state index contributed by atoms with van der Waals surface area (Å²) in [5.74, 6) is -1.87. The average Bonchev–Trinajstić information content (AvgIpc) is 3.15. The second-order valence-electron chi connectivity index (χ2n) is 10.2. The number of aromatic hydroxyl groups is 1. The fourth-order valence-corrected chi connectivity index (χ4v) is 5.08. The monoisotopic (exact) mass is 592 g/mol. The Balaban J connectivity index is 1.81. The number of phenolic OH excluding ortho intramolecular Hbond substituents is 1. The average molecular weight is 593 g/mol. The van der Waals surface area contributed by atoms with Gasteiger partial charge in [0.25, 0.3) is 0 Å². The van der Waals surface area contributed by atoms with Gasteiger partial charge in [-0.1, -0.05) is 38.8 Å². The van der Waals surface area contributed by atoms with Gasteiger partial charge < -0.3 is 25.0 Å². The number of allylic oxidation sites excluding steroid dienone is 2. The van der Waals surface area contributed by atoms with Gasteiger partial charge in [-0.05, 0) is 61.6 Å². The van der Waals surface area contributed by atoms with Gasteiger partial charge in [-0.3, -0.25) is 14.9 Å². The molecule has 42 heavy (non-hydrogen) atoms. The van der Waals surface area contributed by atoms with Gasteiger partial charge in [-0.25, -0.2) is 4.79 Å². The highest BCUT2D eigenvalue weighted by Gasteiger charge is 2.48. The number of nitrogens with one attached hydrogen (secondary N) is 1. The lowest BCUT2D eigenvalue weighted by molar-refractivity contribution is -0.136. The molecule has 2 unspecified atom stereocenters. The number of nitrogens with zero attached hydrogens (tertiary/aromatic N) is 1. The van der Waals surface area contributed by atoms with E-state index in [1.807, 2.05) is 6.92 Å². The molecule has 2 aromatic rings. The van der Waals surface area contributed by atoms with Crippen LogP contribution in [0.3, 0.4) is 0 Å². The molecule has 0 aliphatic carbocycles. The van der Waals surface area contributed by atoms with Crippen LogP contribution in [-0.4, -0.2) is 64.1 Å². The Bertz CT molecular complexity index is 1340. The van der Waals surface area contributed by atoms with Crippen LogP contribution in [0.25, 0.3) is 5.57 Å². The summed E-state index contributed by atoms with van der Waals surface area (Å²) in [6.45, 7) is 5.34. The Morgan fingerprint density at radius 2 is 1.81 bits per heavy atom. The van der Waals surface area contributed by atoms with Crippen LogP contribution < -0.4 is 10.1 Å². The first-order valence-electron chi connectivity index (χ1n) is 13.6. The third kappa shape index (κ3) is 6.76. The molecule has 1 amide bonds. The van der Waals surface area contributed by atoms with Crippen LogP contribution in [0.15, 0.2) is 36.4 Å². The molecule has 0 aromatic heterocycles. The van der Waals surface area contributed by atoms with E-state index in [2.05, 4.69) is 5.32 Å². The van der Waals surface area contributed by atoms with Crippen molar-refractivity contribution in [1.29, 1.82) is 0 Å². The lowest BCUT2D eigenvalue weighted by Crippen LogP contribution is -2.41. The number of alkyl halides is 3. The Hall–Kier alpha value is -3.90. The molecule has 1 fully saturated rings. The first-order valence-corrected chi connectivity index (χ1v) is 13.6. The molecule has 9 nitrogen and oxygen atoms in total. The van der Waals surface area contributed by atoms with Crippen molar-refractivity contribution < 1.29 is 47.6 Å². The van der Waals surface area contributed by atoms with Crippen LogP contribution in [0.1, 0.15) is 72.6 Å². The molecule has 2 atom stereocenters. The number of amides is 1. The number of hydrogen-bond donors (Lipinski definition) is 4. The highest BCUT2D eigenvalue weighted by Crippen LogP contribution is 2.44. The van der Waals surface area contributed by atoms with E-state index in [0.29, 0.717) is 36.5 Å². The number of aliphatic hydroxyl groups is 1. The quantitative estimate of drug-likeness (QED) is 0.151. The van der Waals surface area contributed by atoms with Crippen molar-refractivity contribution in [3.63, 3.8) is 0 Å². The predicted molar refractivity (Wildman–Crippen MR) is 148 cm³/mol. The molecule has 2 aromatic carbocycles. The van der Waals surface area contributed by atoms with Crippen LogP contribution in [0.5, 0.6) is 11.5 Å². The van der Waals surface area contributed by atoms with Gasteiger partial charge >= 0.3 is 12.1 Å². The minimum atomic E-state index is -4.86. The Morgan fingerprint density at radius 3 is 2.36 bits per heavy atom. The summed E-state index contributed by atoms with van der Waals surface area (Å²) in [6.07, 6.45) is -3.84. The molecule has 1 aliphatic heterocycles. The second kappa shape index (κ2) is 13.4. The molecule has 1 heterocycles. The van der Waals surface area contributed by atoms with Crippen LogP contribution in [0, 0.1) is 0 Å². The molecule has 3 rings (SSSR count). The zero-order chi connectivity index (χ0) is 31.2. The summed E-state index contributed by atoms with van der Waals surface area (Å²) < 4.78 is 47.2. The van der Waals surface area contributed by atoms with E-state index < -0.39 is 46.8 Å². The van der Waals surface area contributed by atoms with E-state index in [4.69, 9.17) is 9.84 Å². The first kappa shape index (κ1) is 32.6. The van der Waals surface area contributed by atoms with Crippen molar-refractivity contribution in [2.45, 2.75) is 70.9 Å². The van der Waals surface area contributed by atoms with Crippen molar-refractivity contribution in [3.05, 3.63) is 64.2 Å². The van der Waals surface area contributed by atoms with E-state index >= 15 is 0 Å². The SMILES string of the molecule is CCCc1cc(/C(=C\C=O)C(F)(F)F)c(O)c(CCC)c1OCCCN1C(=O)C(C)(c2ccc(C(=O)O)cc2)NC1O. The van der Waals surface area contributed by atoms with Crippen molar-refractivity contribution >= 4 is 23.7 Å². The van der Waals surface area contributed by atoms with E-state index in [0.717, 1.165) is 0 Å². The van der Waals surface area contributed by atoms with Gasteiger partial charge in [0.15, 0.2) is 6.35 Å². The number of rotatable bonds is 13. The van der Waals surface area contributed by atoms with Gasteiger partial charge in [0.1, 0.15) is 23.3 Å². The zero-order valence-electron chi connectivity index (χ0n) is 23.6. The Kier molecular flexibility index (Phi) is 10.4. The largest absolute Gasteiger partial charge is 0.507 e. The maximum atomic E-state index is 13.7. The van der Waals surface area contributed by atoms with Crippen molar-refractivity contribution in [3.8, 4) is 11.5 Å². The number of phenols is 1. The summed E-state index contributed by atoms with van der Waals surface area (Å²) >= 11 is 0. The van der Waals surface area contributed by atoms with Crippen LogP contribution >= 0.6 is 0 Å². The number of aryl methyl sites for hydroxylation is 1. The number of aldehydes is 1. The number of halogens is 3. The van der Waals surface area contributed by atoms with Crippen LogP contribution in [0.2, 0.25) is 0 Å². The smallest absolute Gasteiger partial charge is 0.417 e. The summed E-state index contributed by atoms with van der Waals surface area (Å²) in [5.41, 5.74) is -1.84. The van der Waals surface area contributed by atoms with Gasteiger partial charge in [0.05, 0.1) is 17.7 Å². The fraction of sp³-hybridized carbons (Fsp3) is 0.433. The standard InChI is InChI=1S/C30H35F3N2O7/c1-4-7-19-17-22(23(13-15-36)30(31,32)33)24(37)21(8-5-2)25(19)42-16-6-14-35-27(40)29(3,34-28(35)41)20-11-9-18(10-12-20)26(38)39/h9-13,15,17,28,34,37,41H,4-8,14,16H2,1-3H3,(H,38,39)/b23-13+. The molecular weight excluding hydrogens is 557 g/mol. The Labute approximate surface area is 241 Å². The number of carbonyl (C=O) groups is 3. The number of carboxylic acids is 1. The van der Waals surface area contributed by atoms with Crippen LogP contribution in [0.4, 0.5) is 13.2 Å². The molecule has 12 heteroatoms. The maximum absolute atomic E-state index is 13.7. The third-order valence-electron chi connectivity index (χ3n) is 7.18. The highest BCUT2D eigenvalue weighted by atomic mass is 19.4. The second-order valence-corrected chi connectivity index (χ2v) is 10.2. The number of aromatic carboxylic acids is 1. The highest BCUT2D eigenvalue weighted by molar-refractivity contribution is 5.91. The molecular formula is C30H35F3N2O7. The fourth-order valence-electron chi connectivity index (χ4n) is 5.08. The minimum Gasteiger partial charge on any atom is -0.507 e. The van der Waals surface area contributed by atoms with Gasteiger partial charge in [-0.15, -0.1) is 0 Å². The van der Waals surface area contributed by atoms with E-state index in [-0.39, 0.29) is 49.2 Å². The summed E-state index contributed by atoms with van der Waals surface area (Å²) in [7, 11) is 0. The number of ether oxygens (including phenoxy) is 1. The predicted octanol–water partition coefficient (Wildman–Crippen LogP) is 4.53. The summed E-state index contributed by atoms with van der Waals surface area (Å²) in [4.78, 5) is 36.6. The lowest BCUT2D eigenvalue weighted by atomic mass is 9.91. The number of carboxylic acid groups (broad SMARTS) is 1. The minimum absolute atomic E-state index is 0.0308. The summed E-state index contributed by atoms with van der Waals surface area (Å²) in [6, 6.07) is 6.95. The lowest BCUT2D eigenvalue weighted by Gasteiger charge is -2.24. The van der Waals surface area contributed by atoms with Crippen molar-refractivity contribution in [2.24, 2.45) is 0 Å². The van der Waals surface area contributed by atoms with Gasteiger partial charge in [0, 0.05) is 17.7 Å². The molecule has 0 radical (unpaired) electrons. The topological polar surface area (TPSA) is 136 Å². The van der Waals surface area contributed by atoms with E-state index in [1.165, 1.54) is 35.2 Å². The van der Waals surface area contributed by atoms with Gasteiger partial charge in [-0.2, -0.15) is 13.2 Å². The Morgan fingerprint density at radius 1 is 1.17 bits per heavy atom. The molecule has 228 valence electrons. The van der Waals surface area contributed by atoms with Crippen molar-refractivity contribution in [1.82, 2.24) is 10.2 Å². The number of hydrogen-bond acceptors (Lipinski definition) is 7. The summed E-state index contributed by atoms with van der Waals surface area (Å²) in [5, 5.41) is 33.4. The van der Waals surface area contributed by atoms with Crippen LogP contribution in [-0.2, 0) is 28.0 Å². The molecule has 0 bridgehead atoms. The van der Waals surface area contributed by atoms with E-state index in [9.17, 15) is 37.8 Å². The number of benzene rings is 2. The molecule has 4 N–H and O–H groups in total. The third-order valence-corrected chi connectivity index (χ3v) is 7.18. The van der Waals surface area contributed by atoms with E-state index in [1.54, 1.807) is 13.8 Å². The van der Waals surface area contributed by atoms with Gasteiger partial charge in [0.2, 0.25) is 5.91 Å². The number of aliphatic hydroxyl groups excluding tert-OH is 1. The normalized spacial score (nSPS) is 19.3.